The number of aryl methyl sites for hydroxylation is 2. The minimum absolute atomic E-state index is 0.400. The van der Waals surface area contributed by atoms with E-state index in [0.29, 0.717) is 11.7 Å². The molecule has 2 N–H and O–H groups in total. The van der Waals surface area contributed by atoms with Crippen molar-refractivity contribution in [1.29, 1.82) is 0 Å². The Labute approximate surface area is 147 Å². The molecule has 0 saturated carbocycles. The molecule has 1 saturated heterocycles. The molecule has 1 atom stereocenters. The predicted octanol–water partition coefficient (Wildman–Crippen LogP) is 3.15. The van der Waals surface area contributed by atoms with Gasteiger partial charge in [0.25, 0.3) is 0 Å². The smallest absolute Gasteiger partial charge is 0.157 e. The summed E-state index contributed by atoms with van der Waals surface area (Å²) in [5, 5.41) is 4.39. The zero-order valence-electron chi connectivity index (χ0n) is 14.9. The minimum atomic E-state index is 0.400. The van der Waals surface area contributed by atoms with Crippen LogP contribution < -0.4 is 5.73 Å². The molecule has 132 valence electrons. The largest absolute Gasteiger partial charge is 0.465 e. The summed E-state index contributed by atoms with van der Waals surface area (Å²) in [5.41, 5.74) is 9.03. The van der Waals surface area contributed by atoms with E-state index >= 15 is 0 Å². The van der Waals surface area contributed by atoms with Gasteiger partial charge in [-0.2, -0.15) is 9.61 Å². The molecule has 0 aromatic carbocycles. The molecule has 0 aliphatic carbocycles. The summed E-state index contributed by atoms with van der Waals surface area (Å²) >= 11 is 0. The van der Waals surface area contributed by atoms with Crippen LogP contribution in [0.4, 0.5) is 5.82 Å². The molecule has 0 bridgehead atoms. The first-order valence-electron chi connectivity index (χ1n) is 9.05. The van der Waals surface area contributed by atoms with Gasteiger partial charge in [-0.25, -0.2) is 4.98 Å². The predicted molar refractivity (Wildman–Crippen MR) is 97.5 cm³/mol. The van der Waals surface area contributed by atoms with Crippen LogP contribution >= 0.6 is 0 Å². The lowest BCUT2D eigenvalue weighted by atomic mass is 9.94. The number of furan rings is 1. The summed E-state index contributed by atoms with van der Waals surface area (Å²) in [4.78, 5) is 7.26. The molecule has 0 amide bonds. The zero-order valence-corrected chi connectivity index (χ0v) is 14.9. The lowest BCUT2D eigenvalue weighted by Gasteiger charge is -2.31. The molecule has 1 fully saturated rings. The summed E-state index contributed by atoms with van der Waals surface area (Å²) in [6.07, 6.45) is 3.25. The van der Waals surface area contributed by atoms with Gasteiger partial charge in [0.15, 0.2) is 5.65 Å². The van der Waals surface area contributed by atoms with Crippen molar-refractivity contribution < 1.29 is 4.42 Å². The van der Waals surface area contributed by atoms with E-state index in [1.54, 1.807) is 4.52 Å². The van der Waals surface area contributed by atoms with Gasteiger partial charge in [0.2, 0.25) is 0 Å². The van der Waals surface area contributed by atoms with Crippen LogP contribution in [-0.2, 0) is 13.0 Å². The summed E-state index contributed by atoms with van der Waals surface area (Å²) in [5.74, 6) is 3.16. The first-order valence-corrected chi connectivity index (χ1v) is 9.05. The molecule has 0 radical (unpaired) electrons. The quantitative estimate of drug-likeness (QED) is 0.790. The number of likely N-dealkylation sites (tertiary alicyclic amines) is 1. The van der Waals surface area contributed by atoms with E-state index in [1.165, 1.54) is 0 Å². The van der Waals surface area contributed by atoms with Gasteiger partial charge in [-0.05, 0) is 38.4 Å². The number of hydrogen-bond acceptors (Lipinski definition) is 5. The highest BCUT2D eigenvalue weighted by Gasteiger charge is 2.24. The third kappa shape index (κ3) is 3.26. The van der Waals surface area contributed by atoms with Crippen molar-refractivity contribution in [3.63, 3.8) is 0 Å². The van der Waals surface area contributed by atoms with Crippen molar-refractivity contribution in [1.82, 2.24) is 19.5 Å². The summed E-state index contributed by atoms with van der Waals surface area (Å²) in [7, 11) is 0. The Bertz CT molecular complexity index is 881. The van der Waals surface area contributed by atoms with Gasteiger partial charge in [0.05, 0.1) is 17.9 Å². The highest BCUT2D eigenvalue weighted by Crippen LogP contribution is 2.28. The van der Waals surface area contributed by atoms with Gasteiger partial charge >= 0.3 is 0 Å². The van der Waals surface area contributed by atoms with Crippen LogP contribution in [-0.4, -0.2) is 32.6 Å². The van der Waals surface area contributed by atoms with Crippen molar-refractivity contribution in [3.8, 4) is 0 Å². The van der Waals surface area contributed by atoms with E-state index in [4.69, 9.17) is 15.1 Å². The molecule has 6 heteroatoms. The molecule has 4 heterocycles. The second kappa shape index (κ2) is 6.52. The third-order valence-corrected chi connectivity index (χ3v) is 4.97. The van der Waals surface area contributed by atoms with Crippen molar-refractivity contribution in [2.75, 3.05) is 18.8 Å². The standard InChI is InChI=1S/C19H25N5O/c1-3-15-6-7-16(25-15)12-23-8-4-5-14(11-23)17-10-18(20)24-19(21-17)9-13(2)22-24/h6-7,9-10,14H,3-5,8,11-12,20H2,1-2H3/t14-/m0/s1. The summed E-state index contributed by atoms with van der Waals surface area (Å²) < 4.78 is 7.58. The Kier molecular flexibility index (Phi) is 4.21. The number of aromatic nitrogens is 3. The van der Waals surface area contributed by atoms with E-state index in [-0.39, 0.29) is 0 Å². The maximum Gasteiger partial charge on any atom is 0.157 e. The second-order valence-corrected chi connectivity index (χ2v) is 6.96. The molecule has 0 spiro atoms. The maximum absolute atomic E-state index is 6.19. The first kappa shape index (κ1) is 16.1. The number of piperidine rings is 1. The van der Waals surface area contributed by atoms with Gasteiger partial charge in [0, 0.05) is 31.0 Å². The van der Waals surface area contributed by atoms with E-state index < -0.39 is 0 Å². The van der Waals surface area contributed by atoms with Crippen LogP contribution in [0.1, 0.15) is 48.6 Å². The van der Waals surface area contributed by atoms with Crippen LogP contribution in [0.3, 0.4) is 0 Å². The highest BCUT2D eigenvalue weighted by atomic mass is 16.3. The fourth-order valence-corrected chi connectivity index (χ4v) is 3.70. The minimum Gasteiger partial charge on any atom is -0.465 e. The van der Waals surface area contributed by atoms with E-state index in [9.17, 15) is 0 Å². The van der Waals surface area contributed by atoms with Crippen LogP contribution in [0.25, 0.3) is 5.65 Å². The van der Waals surface area contributed by atoms with Gasteiger partial charge in [0.1, 0.15) is 17.3 Å². The maximum atomic E-state index is 6.19. The summed E-state index contributed by atoms with van der Waals surface area (Å²) in [6.45, 7) is 7.02. The number of nitrogens with zero attached hydrogens (tertiary/aromatic N) is 4. The van der Waals surface area contributed by atoms with Crippen molar-refractivity contribution >= 4 is 11.5 Å². The van der Waals surface area contributed by atoms with Gasteiger partial charge in [-0.15, -0.1) is 0 Å². The Balaban J connectivity index is 1.52. The first-order chi connectivity index (χ1) is 12.1. The van der Waals surface area contributed by atoms with Crippen molar-refractivity contribution in [2.45, 2.75) is 45.6 Å². The number of hydrogen-bond donors (Lipinski definition) is 1. The number of fused-ring (bicyclic) bond motifs is 1. The molecule has 3 aromatic rings. The van der Waals surface area contributed by atoms with Gasteiger partial charge in [-0.3, -0.25) is 4.90 Å². The molecule has 1 aliphatic rings. The lowest BCUT2D eigenvalue weighted by Crippen LogP contribution is -2.34. The number of anilines is 1. The SMILES string of the molecule is CCc1ccc(CN2CCC[C@H](c3cc(N)n4nc(C)cc4n3)C2)o1. The normalized spacial score (nSPS) is 18.9. The van der Waals surface area contributed by atoms with Crippen LogP contribution in [0, 0.1) is 6.92 Å². The van der Waals surface area contributed by atoms with Gasteiger partial charge in [-0.1, -0.05) is 6.92 Å². The fourth-order valence-electron chi connectivity index (χ4n) is 3.70. The van der Waals surface area contributed by atoms with Gasteiger partial charge < -0.3 is 10.2 Å². The van der Waals surface area contributed by atoms with Crippen LogP contribution in [0.15, 0.2) is 28.7 Å². The van der Waals surface area contributed by atoms with E-state index in [2.05, 4.69) is 29.1 Å². The lowest BCUT2D eigenvalue weighted by molar-refractivity contribution is 0.184. The molecule has 25 heavy (non-hydrogen) atoms. The molecule has 6 nitrogen and oxygen atoms in total. The molecular weight excluding hydrogens is 314 g/mol. The number of rotatable bonds is 4. The molecule has 1 aliphatic heterocycles. The molecular formula is C19H25N5O. The average molecular weight is 339 g/mol. The Morgan fingerprint density at radius 3 is 2.92 bits per heavy atom. The number of nitrogen functional groups attached to an aromatic ring is 1. The second-order valence-electron chi connectivity index (χ2n) is 6.96. The Hall–Kier alpha value is -2.34. The molecule has 3 aromatic heterocycles. The molecule has 4 rings (SSSR count). The van der Waals surface area contributed by atoms with Crippen LogP contribution in [0.5, 0.6) is 0 Å². The topological polar surface area (TPSA) is 72.6 Å². The third-order valence-electron chi connectivity index (χ3n) is 4.97. The van der Waals surface area contributed by atoms with Crippen molar-refractivity contribution in [3.05, 3.63) is 47.2 Å². The Morgan fingerprint density at radius 2 is 2.12 bits per heavy atom. The molecule has 0 unspecified atom stereocenters. The number of nitrogens with two attached hydrogens (primary N) is 1. The van der Waals surface area contributed by atoms with E-state index in [1.807, 2.05) is 19.1 Å². The monoisotopic (exact) mass is 339 g/mol. The zero-order chi connectivity index (χ0) is 17.4. The highest BCUT2D eigenvalue weighted by molar-refractivity contribution is 5.48. The van der Waals surface area contributed by atoms with Crippen molar-refractivity contribution in [2.24, 2.45) is 0 Å². The van der Waals surface area contributed by atoms with E-state index in [0.717, 1.165) is 67.5 Å². The van der Waals surface area contributed by atoms with Crippen LogP contribution in [0.2, 0.25) is 0 Å². The Morgan fingerprint density at radius 1 is 1.28 bits per heavy atom. The average Bonchev–Trinajstić information content (AvgIpc) is 3.21. The fraction of sp³-hybridized carbons (Fsp3) is 0.474. The summed E-state index contributed by atoms with van der Waals surface area (Å²) in [6, 6.07) is 8.14.